The highest BCUT2D eigenvalue weighted by Crippen LogP contribution is 2.32. The van der Waals surface area contributed by atoms with Crippen LogP contribution in [0.25, 0.3) is 0 Å². The Bertz CT molecular complexity index is 544. The van der Waals surface area contributed by atoms with Crippen LogP contribution in [0.2, 0.25) is 10.0 Å². The minimum absolute atomic E-state index is 0.0142. The van der Waals surface area contributed by atoms with Crippen molar-refractivity contribution in [3.63, 3.8) is 0 Å². The fourth-order valence-electron chi connectivity index (χ4n) is 1.67. The third-order valence-electron chi connectivity index (χ3n) is 2.94. The summed E-state index contributed by atoms with van der Waals surface area (Å²) in [5, 5.41) is 0.248. The quantitative estimate of drug-likeness (QED) is 0.874. The van der Waals surface area contributed by atoms with Gasteiger partial charge in [0.2, 0.25) is 10.0 Å². The molecule has 0 bridgehead atoms. The smallest absolute Gasteiger partial charge is 0.242 e. The van der Waals surface area contributed by atoms with E-state index in [2.05, 4.69) is 4.72 Å². The molecule has 0 aliphatic heterocycles. The summed E-state index contributed by atoms with van der Waals surface area (Å²) in [4.78, 5) is -0.0142. The zero-order valence-electron chi connectivity index (χ0n) is 9.57. The molecule has 1 unspecified atom stereocenters. The predicted molar refractivity (Wildman–Crippen MR) is 72.3 cm³/mol. The first kappa shape index (κ1) is 14.1. The molecule has 2 rings (SSSR count). The van der Waals surface area contributed by atoms with Crippen LogP contribution in [0.5, 0.6) is 0 Å². The molecule has 0 spiro atoms. The molecule has 0 aromatic heterocycles. The first-order valence-corrected chi connectivity index (χ1v) is 7.85. The van der Waals surface area contributed by atoms with Crippen molar-refractivity contribution in [2.75, 3.05) is 6.54 Å². The zero-order chi connectivity index (χ0) is 13.3. The van der Waals surface area contributed by atoms with E-state index in [1.807, 2.05) is 0 Å². The molecule has 7 heteroatoms. The van der Waals surface area contributed by atoms with Crippen molar-refractivity contribution in [1.29, 1.82) is 0 Å². The summed E-state index contributed by atoms with van der Waals surface area (Å²) in [6.07, 6.45) is 2.14. The zero-order valence-corrected chi connectivity index (χ0v) is 11.9. The van der Waals surface area contributed by atoms with Gasteiger partial charge in [0.15, 0.2) is 0 Å². The van der Waals surface area contributed by atoms with Gasteiger partial charge in [0.25, 0.3) is 0 Å². The number of sulfonamides is 1. The third kappa shape index (κ3) is 3.16. The second-order valence-corrected chi connectivity index (χ2v) is 6.93. The molecule has 1 fully saturated rings. The molecule has 4 nitrogen and oxygen atoms in total. The number of nitrogens with two attached hydrogens (primary N) is 1. The maximum Gasteiger partial charge on any atom is 0.242 e. The molecule has 0 saturated heterocycles. The van der Waals surface area contributed by atoms with Crippen LogP contribution in [0.4, 0.5) is 0 Å². The van der Waals surface area contributed by atoms with Gasteiger partial charge in [-0.2, -0.15) is 0 Å². The summed E-state index contributed by atoms with van der Waals surface area (Å²) in [6.45, 7) is 0.218. The Morgan fingerprint density at radius 3 is 2.67 bits per heavy atom. The van der Waals surface area contributed by atoms with Crippen molar-refractivity contribution in [1.82, 2.24) is 4.72 Å². The highest BCUT2D eigenvalue weighted by Gasteiger charge is 2.29. The van der Waals surface area contributed by atoms with E-state index >= 15 is 0 Å². The van der Waals surface area contributed by atoms with Gasteiger partial charge in [0, 0.05) is 12.6 Å². The van der Waals surface area contributed by atoms with Crippen LogP contribution in [-0.2, 0) is 10.0 Å². The van der Waals surface area contributed by atoms with Gasteiger partial charge in [-0.25, -0.2) is 13.1 Å². The molecule has 1 aliphatic rings. The third-order valence-corrected chi connectivity index (χ3v) is 5.34. The van der Waals surface area contributed by atoms with Gasteiger partial charge in [0.1, 0.15) is 4.90 Å². The van der Waals surface area contributed by atoms with E-state index in [0.29, 0.717) is 5.92 Å². The molecular formula is C11H14Cl2N2O2S. The van der Waals surface area contributed by atoms with Crippen molar-refractivity contribution in [2.24, 2.45) is 11.7 Å². The van der Waals surface area contributed by atoms with Crippen LogP contribution in [0, 0.1) is 5.92 Å². The van der Waals surface area contributed by atoms with E-state index < -0.39 is 10.0 Å². The van der Waals surface area contributed by atoms with E-state index in [1.165, 1.54) is 6.07 Å². The normalized spacial score (nSPS) is 17.7. The van der Waals surface area contributed by atoms with Crippen LogP contribution >= 0.6 is 23.2 Å². The number of hydrogen-bond acceptors (Lipinski definition) is 3. The first-order valence-electron chi connectivity index (χ1n) is 5.61. The molecule has 1 atom stereocenters. The SMILES string of the molecule is NC(CNS(=O)(=O)c1cccc(Cl)c1Cl)C1CC1. The molecule has 0 radical (unpaired) electrons. The highest BCUT2D eigenvalue weighted by atomic mass is 35.5. The number of nitrogens with one attached hydrogen (secondary N) is 1. The summed E-state index contributed by atoms with van der Waals surface area (Å²) < 4.78 is 26.6. The van der Waals surface area contributed by atoms with Crippen molar-refractivity contribution in [2.45, 2.75) is 23.8 Å². The highest BCUT2D eigenvalue weighted by molar-refractivity contribution is 7.89. The molecule has 1 aliphatic carbocycles. The summed E-state index contributed by atoms with van der Waals surface area (Å²) in [5.74, 6) is 0.433. The van der Waals surface area contributed by atoms with E-state index in [4.69, 9.17) is 28.9 Å². The lowest BCUT2D eigenvalue weighted by Gasteiger charge is -2.13. The van der Waals surface area contributed by atoms with Crippen molar-refractivity contribution >= 4 is 33.2 Å². The maximum absolute atomic E-state index is 12.0. The van der Waals surface area contributed by atoms with E-state index in [0.717, 1.165) is 12.8 Å². The second-order valence-electron chi connectivity index (χ2n) is 4.41. The minimum Gasteiger partial charge on any atom is -0.326 e. The summed E-state index contributed by atoms with van der Waals surface area (Å²) in [7, 11) is -3.66. The van der Waals surface area contributed by atoms with Gasteiger partial charge in [-0.05, 0) is 30.9 Å². The van der Waals surface area contributed by atoms with Gasteiger partial charge in [0.05, 0.1) is 10.0 Å². The standard InChI is InChI=1S/C11H14Cl2N2O2S/c12-8-2-1-3-10(11(8)13)18(16,17)15-6-9(14)7-4-5-7/h1-3,7,9,15H,4-6,14H2. The Morgan fingerprint density at radius 2 is 2.06 bits per heavy atom. The molecule has 3 N–H and O–H groups in total. The topological polar surface area (TPSA) is 72.2 Å². The maximum atomic E-state index is 12.0. The van der Waals surface area contributed by atoms with Crippen LogP contribution in [0.1, 0.15) is 12.8 Å². The Morgan fingerprint density at radius 1 is 1.39 bits per heavy atom. The van der Waals surface area contributed by atoms with Gasteiger partial charge in [-0.3, -0.25) is 0 Å². The van der Waals surface area contributed by atoms with Crippen LogP contribution in [0.15, 0.2) is 23.1 Å². The van der Waals surface area contributed by atoms with E-state index in [9.17, 15) is 8.42 Å². The molecular weight excluding hydrogens is 295 g/mol. The molecule has 0 heterocycles. The summed E-state index contributed by atoms with van der Waals surface area (Å²) >= 11 is 11.7. The van der Waals surface area contributed by atoms with Crippen LogP contribution in [-0.4, -0.2) is 21.0 Å². The Kier molecular flexibility index (Phi) is 4.18. The van der Waals surface area contributed by atoms with Crippen molar-refractivity contribution in [3.05, 3.63) is 28.2 Å². The monoisotopic (exact) mass is 308 g/mol. The fourth-order valence-corrected chi connectivity index (χ4v) is 3.50. The summed E-state index contributed by atoms with van der Waals surface area (Å²) in [6, 6.07) is 4.36. The van der Waals surface area contributed by atoms with Crippen molar-refractivity contribution in [3.8, 4) is 0 Å². The molecule has 1 saturated carbocycles. The summed E-state index contributed by atoms with van der Waals surface area (Å²) in [5.41, 5.74) is 5.85. The number of rotatable bonds is 5. The first-order chi connectivity index (χ1) is 8.42. The largest absolute Gasteiger partial charge is 0.326 e. The lowest BCUT2D eigenvalue weighted by molar-refractivity contribution is 0.548. The molecule has 18 heavy (non-hydrogen) atoms. The number of hydrogen-bond donors (Lipinski definition) is 2. The molecule has 1 aromatic carbocycles. The Balaban J connectivity index is 2.12. The Labute approximate surface area is 117 Å². The molecule has 0 amide bonds. The van der Waals surface area contributed by atoms with Gasteiger partial charge >= 0.3 is 0 Å². The average Bonchev–Trinajstić information content (AvgIpc) is 3.13. The van der Waals surface area contributed by atoms with Gasteiger partial charge in [-0.15, -0.1) is 0 Å². The van der Waals surface area contributed by atoms with Gasteiger partial charge in [-0.1, -0.05) is 29.3 Å². The molecule has 100 valence electrons. The average molecular weight is 309 g/mol. The van der Waals surface area contributed by atoms with Crippen molar-refractivity contribution < 1.29 is 8.42 Å². The van der Waals surface area contributed by atoms with E-state index in [1.54, 1.807) is 12.1 Å². The second kappa shape index (κ2) is 5.35. The Hall–Kier alpha value is -0.330. The fraction of sp³-hybridized carbons (Fsp3) is 0.455. The van der Waals surface area contributed by atoms with Crippen LogP contribution in [0.3, 0.4) is 0 Å². The molecule has 1 aromatic rings. The predicted octanol–water partition coefficient (Wildman–Crippen LogP) is 2.01. The number of halogens is 2. The van der Waals surface area contributed by atoms with E-state index in [-0.39, 0.29) is 27.5 Å². The number of benzene rings is 1. The lowest BCUT2D eigenvalue weighted by atomic mass is 10.2. The lowest BCUT2D eigenvalue weighted by Crippen LogP contribution is -2.38. The van der Waals surface area contributed by atoms with Gasteiger partial charge < -0.3 is 5.73 Å². The minimum atomic E-state index is -3.66. The van der Waals surface area contributed by atoms with Crippen LogP contribution < -0.4 is 10.5 Å².